The van der Waals surface area contributed by atoms with Gasteiger partial charge in [-0.3, -0.25) is 9.36 Å². The maximum atomic E-state index is 14.4. The normalized spacial score (nSPS) is 12.6. The molecule has 26 heavy (non-hydrogen) atoms. The summed E-state index contributed by atoms with van der Waals surface area (Å²) in [4.78, 5) is 20.2. The smallest absolute Gasteiger partial charge is 0.266 e. The van der Waals surface area contributed by atoms with Crippen LogP contribution in [-0.2, 0) is 7.05 Å². The summed E-state index contributed by atoms with van der Waals surface area (Å²) >= 11 is 3.19. The number of nitrogens with zero attached hydrogens (tertiary/aromatic N) is 3. The van der Waals surface area contributed by atoms with Crippen LogP contribution in [0.4, 0.5) is 19.0 Å². The standard InChI is InChI=1S/C17H14BrF3N4O/c1-8(9-4-3-5-10(13(9)19)14(20)21)24-15-11-6-12(18)17(26)25(2)16(11)23-7-22-15/h3-8,14H,1-2H3,(H,22,23,24)/t8-/m1/s1. The Kier molecular flexibility index (Phi) is 4.99. The number of hydrogen-bond acceptors (Lipinski definition) is 4. The largest absolute Gasteiger partial charge is 0.363 e. The fourth-order valence-corrected chi connectivity index (χ4v) is 3.20. The molecular weight excluding hydrogens is 413 g/mol. The highest BCUT2D eigenvalue weighted by Crippen LogP contribution is 2.30. The highest BCUT2D eigenvalue weighted by Gasteiger charge is 2.20. The molecule has 3 rings (SSSR count). The summed E-state index contributed by atoms with van der Waals surface area (Å²) in [5, 5.41) is 3.55. The van der Waals surface area contributed by atoms with Gasteiger partial charge in [-0.1, -0.05) is 18.2 Å². The number of aromatic nitrogens is 3. The molecule has 0 amide bonds. The predicted octanol–water partition coefficient (Wildman–Crippen LogP) is 4.34. The van der Waals surface area contributed by atoms with E-state index in [0.717, 1.165) is 6.07 Å². The Morgan fingerprint density at radius 1 is 1.23 bits per heavy atom. The minimum atomic E-state index is -2.90. The van der Waals surface area contributed by atoms with Crippen LogP contribution in [-0.4, -0.2) is 14.5 Å². The number of rotatable bonds is 4. The maximum Gasteiger partial charge on any atom is 0.266 e. The van der Waals surface area contributed by atoms with Crippen molar-refractivity contribution in [3.8, 4) is 0 Å². The van der Waals surface area contributed by atoms with E-state index < -0.39 is 23.8 Å². The van der Waals surface area contributed by atoms with Crippen LogP contribution in [0.2, 0.25) is 0 Å². The number of pyridine rings is 1. The first-order valence-corrected chi connectivity index (χ1v) is 8.43. The molecule has 136 valence electrons. The van der Waals surface area contributed by atoms with E-state index in [2.05, 4.69) is 31.2 Å². The molecule has 0 aliphatic rings. The Bertz CT molecular complexity index is 1040. The third-order valence-electron chi connectivity index (χ3n) is 4.07. The van der Waals surface area contributed by atoms with Gasteiger partial charge in [-0.05, 0) is 28.9 Å². The first-order valence-electron chi connectivity index (χ1n) is 7.64. The Balaban J connectivity index is 2.05. The van der Waals surface area contributed by atoms with E-state index in [-0.39, 0.29) is 11.1 Å². The van der Waals surface area contributed by atoms with Gasteiger partial charge in [-0.15, -0.1) is 0 Å². The van der Waals surface area contributed by atoms with Gasteiger partial charge in [-0.2, -0.15) is 0 Å². The number of hydrogen-bond donors (Lipinski definition) is 1. The summed E-state index contributed by atoms with van der Waals surface area (Å²) in [6, 6.07) is 4.81. The van der Waals surface area contributed by atoms with Crippen molar-refractivity contribution in [3.05, 3.63) is 62.4 Å². The van der Waals surface area contributed by atoms with Gasteiger partial charge in [0.2, 0.25) is 0 Å². The van der Waals surface area contributed by atoms with Crippen molar-refractivity contribution in [2.45, 2.75) is 19.4 Å². The zero-order valence-electron chi connectivity index (χ0n) is 13.8. The average molecular weight is 427 g/mol. The van der Waals surface area contributed by atoms with Gasteiger partial charge in [0.15, 0.2) is 0 Å². The van der Waals surface area contributed by atoms with E-state index in [4.69, 9.17) is 0 Å². The molecule has 2 heterocycles. The van der Waals surface area contributed by atoms with Crippen LogP contribution < -0.4 is 10.9 Å². The van der Waals surface area contributed by atoms with E-state index in [1.807, 2.05) is 0 Å². The van der Waals surface area contributed by atoms with Gasteiger partial charge in [0.25, 0.3) is 12.0 Å². The summed E-state index contributed by atoms with van der Waals surface area (Å²) in [6.45, 7) is 1.64. The van der Waals surface area contributed by atoms with E-state index in [0.29, 0.717) is 21.3 Å². The van der Waals surface area contributed by atoms with E-state index in [1.54, 1.807) is 20.0 Å². The van der Waals surface area contributed by atoms with Crippen LogP contribution in [0.5, 0.6) is 0 Å². The number of alkyl halides is 2. The van der Waals surface area contributed by atoms with E-state index in [1.165, 1.54) is 23.0 Å². The number of halogens is 4. The topological polar surface area (TPSA) is 59.8 Å². The minimum absolute atomic E-state index is 0.0958. The van der Waals surface area contributed by atoms with Gasteiger partial charge < -0.3 is 5.32 Å². The van der Waals surface area contributed by atoms with Crippen LogP contribution in [0.3, 0.4) is 0 Å². The highest BCUT2D eigenvalue weighted by atomic mass is 79.9. The number of aryl methyl sites for hydroxylation is 1. The fourth-order valence-electron chi connectivity index (χ4n) is 2.70. The Morgan fingerprint density at radius 3 is 2.62 bits per heavy atom. The van der Waals surface area contributed by atoms with Crippen molar-refractivity contribution in [2.24, 2.45) is 7.05 Å². The van der Waals surface area contributed by atoms with Gasteiger partial charge in [-0.25, -0.2) is 23.1 Å². The molecule has 0 radical (unpaired) electrons. The summed E-state index contributed by atoms with van der Waals surface area (Å²) in [7, 11) is 1.57. The number of fused-ring (bicyclic) bond motifs is 1. The van der Waals surface area contributed by atoms with Crippen molar-refractivity contribution in [3.63, 3.8) is 0 Å². The summed E-state index contributed by atoms with van der Waals surface area (Å²) < 4.78 is 41.9. The van der Waals surface area contributed by atoms with E-state index >= 15 is 0 Å². The third kappa shape index (κ3) is 3.18. The Morgan fingerprint density at radius 2 is 1.92 bits per heavy atom. The minimum Gasteiger partial charge on any atom is -0.363 e. The Hall–Kier alpha value is -2.42. The molecule has 1 aromatic carbocycles. The van der Waals surface area contributed by atoms with Crippen molar-refractivity contribution < 1.29 is 13.2 Å². The monoisotopic (exact) mass is 426 g/mol. The van der Waals surface area contributed by atoms with Crippen molar-refractivity contribution >= 4 is 32.8 Å². The fraction of sp³-hybridized carbons (Fsp3) is 0.235. The van der Waals surface area contributed by atoms with Gasteiger partial charge in [0, 0.05) is 12.6 Å². The number of benzene rings is 1. The molecule has 3 aromatic rings. The molecule has 0 aliphatic carbocycles. The molecule has 2 aromatic heterocycles. The summed E-state index contributed by atoms with van der Waals surface area (Å²) in [6.07, 6.45) is -1.62. The lowest BCUT2D eigenvalue weighted by atomic mass is 10.0. The molecule has 0 fully saturated rings. The molecular formula is C17H14BrF3N4O. The van der Waals surface area contributed by atoms with Gasteiger partial charge >= 0.3 is 0 Å². The van der Waals surface area contributed by atoms with Crippen molar-refractivity contribution in [1.29, 1.82) is 0 Å². The van der Waals surface area contributed by atoms with Crippen LogP contribution >= 0.6 is 15.9 Å². The predicted molar refractivity (Wildman–Crippen MR) is 95.9 cm³/mol. The van der Waals surface area contributed by atoms with Gasteiger partial charge in [0.1, 0.15) is 23.6 Å². The molecule has 0 saturated heterocycles. The first kappa shape index (κ1) is 18.4. The quantitative estimate of drug-likeness (QED) is 0.673. The SMILES string of the molecule is C[C@@H](Nc1ncnc2c1cc(Br)c(=O)n2C)c1cccc(C(F)F)c1F. The van der Waals surface area contributed by atoms with Crippen LogP contribution in [0.25, 0.3) is 11.0 Å². The first-order chi connectivity index (χ1) is 12.3. The third-order valence-corrected chi connectivity index (χ3v) is 4.64. The lowest BCUT2D eigenvalue weighted by Gasteiger charge is -2.18. The molecule has 1 N–H and O–H groups in total. The molecule has 0 bridgehead atoms. The highest BCUT2D eigenvalue weighted by molar-refractivity contribution is 9.10. The second-order valence-corrected chi connectivity index (χ2v) is 6.59. The van der Waals surface area contributed by atoms with Crippen molar-refractivity contribution in [1.82, 2.24) is 14.5 Å². The van der Waals surface area contributed by atoms with Crippen LogP contribution in [0.15, 0.2) is 39.9 Å². The molecule has 0 unspecified atom stereocenters. The van der Waals surface area contributed by atoms with E-state index in [9.17, 15) is 18.0 Å². The summed E-state index contributed by atoms with van der Waals surface area (Å²) in [5.41, 5.74) is -0.414. The van der Waals surface area contributed by atoms with Crippen LogP contribution in [0.1, 0.15) is 30.5 Å². The number of nitrogens with one attached hydrogen (secondary N) is 1. The zero-order valence-corrected chi connectivity index (χ0v) is 15.4. The molecule has 5 nitrogen and oxygen atoms in total. The molecule has 1 atom stereocenters. The molecule has 0 aliphatic heterocycles. The second-order valence-electron chi connectivity index (χ2n) is 5.73. The molecule has 0 spiro atoms. The maximum absolute atomic E-state index is 14.4. The lowest BCUT2D eigenvalue weighted by Crippen LogP contribution is -2.19. The molecule has 0 saturated carbocycles. The van der Waals surface area contributed by atoms with Gasteiger partial charge in [0.05, 0.1) is 21.5 Å². The average Bonchev–Trinajstić information content (AvgIpc) is 2.60. The Labute approximate surface area is 155 Å². The summed E-state index contributed by atoms with van der Waals surface area (Å²) in [5.74, 6) is -0.588. The lowest BCUT2D eigenvalue weighted by molar-refractivity contribution is 0.146. The van der Waals surface area contributed by atoms with Crippen LogP contribution in [0, 0.1) is 5.82 Å². The second kappa shape index (κ2) is 7.06. The zero-order chi connectivity index (χ0) is 19.0. The number of anilines is 1. The molecule has 9 heteroatoms. The van der Waals surface area contributed by atoms with Crippen molar-refractivity contribution in [2.75, 3.05) is 5.32 Å².